The SMILES string of the molecule is CC(=O)Nc1ncnc2c1nc(Sc1cc3c(cc1Br)OCO3)n2CCC(NC(C)=O)C1CC1. The number of hydrogen-bond acceptors (Lipinski definition) is 8. The summed E-state index contributed by atoms with van der Waals surface area (Å²) in [6, 6.07) is 3.88. The zero-order chi connectivity index (χ0) is 23.8. The number of aromatic nitrogens is 4. The van der Waals surface area contributed by atoms with Crippen LogP contribution in [0.15, 0.2) is 33.0 Å². The van der Waals surface area contributed by atoms with E-state index in [2.05, 4.69) is 36.5 Å². The fraction of sp³-hybridized carbons (Fsp3) is 0.409. The first-order chi connectivity index (χ1) is 16.4. The molecule has 1 aromatic carbocycles. The number of nitrogens with one attached hydrogen (secondary N) is 2. The van der Waals surface area contributed by atoms with Gasteiger partial charge in [0.2, 0.25) is 18.6 Å². The second-order valence-electron chi connectivity index (χ2n) is 8.29. The Morgan fingerprint density at radius 3 is 2.68 bits per heavy atom. The van der Waals surface area contributed by atoms with Gasteiger partial charge in [-0.2, -0.15) is 0 Å². The minimum Gasteiger partial charge on any atom is -0.454 e. The second-order valence-corrected chi connectivity index (χ2v) is 10.2. The largest absolute Gasteiger partial charge is 0.454 e. The lowest BCUT2D eigenvalue weighted by atomic mass is 10.1. The Bertz CT molecular complexity index is 1280. The van der Waals surface area contributed by atoms with Crippen LogP contribution >= 0.6 is 27.7 Å². The molecule has 1 atom stereocenters. The molecule has 1 unspecified atom stereocenters. The highest BCUT2D eigenvalue weighted by atomic mass is 79.9. The molecule has 1 saturated carbocycles. The number of fused-ring (bicyclic) bond motifs is 2. The van der Waals surface area contributed by atoms with Crippen molar-refractivity contribution in [2.24, 2.45) is 5.92 Å². The highest BCUT2D eigenvalue weighted by Crippen LogP contribution is 2.43. The van der Waals surface area contributed by atoms with E-state index in [0.717, 1.165) is 28.6 Å². The molecule has 12 heteroatoms. The Hall–Kier alpha value is -2.86. The van der Waals surface area contributed by atoms with E-state index in [-0.39, 0.29) is 24.6 Å². The van der Waals surface area contributed by atoms with Crippen molar-refractivity contribution < 1.29 is 19.1 Å². The molecule has 10 nitrogen and oxygen atoms in total. The maximum absolute atomic E-state index is 11.7. The lowest BCUT2D eigenvalue weighted by Gasteiger charge is -2.18. The third kappa shape index (κ3) is 4.83. The van der Waals surface area contributed by atoms with Gasteiger partial charge in [0.1, 0.15) is 6.33 Å². The maximum atomic E-state index is 11.7. The third-order valence-corrected chi connectivity index (χ3v) is 7.63. The minimum absolute atomic E-state index is 0.0263. The molecule has 5 rings (SSSR count). The molecule has 1 aliphatic heterocycles. The lowest BCUT2D eigenvalue weighted by Crippen LogP contribution is -2.35. The van der Waals surface area contributed by atoms with E-state index >= 15 is 0 Å². The summed E-state index contributed by atoms with van der Waals surface area (Å²) in [7, 11) is 0. The van der Waals surface area contributed by atoms with Crippen molar-refractivity contribution >= 4 is 56.5 Å². The van der Waals surface area contributed by atoms with Crippen LogP contribution in [0.2, 0.25) is 0 Å². The number of nitrogens with zero attached hydrogens (tertiary/aromatic N) is 4. The van der Waals surface area contributed by atoms with Crippen LogP contribution in [-0.2, 0) is 16.1 Å². The van der Waals surface area contributed by atoms with Gasteiger partial charge >= 0.3 is 0 Å². The average molecular weight is 547 g/mol. The molecule has 0 radical (unpaired) electrons. The second kappa shape index (κ2) is 9.41. The maximum Gasteiger partial charge on any atom is 0.231 e. The van der Waals surface area contributed by atoms with Crippen molar-refractivity contribution in [3.05, 3.63) is 22.9 Å². The van der Waals surface area contributed by atoms with Crippen molar-refractivity contribution in [3.63, 3.8) is 0 Å². The van der Waals surface area contributed by atoms with E-state index in [1.54, 1.807) is 6.92 Å². The minimum atomic E-state index is -0.235. The van der Waals surface area contributed by atoms with Gasteiger partial charge < -0.3 is 24.7 Å². The zero-order valence-electron chi connectivity index (χ0n) is 18.6. The molecule has 0 bridgehead atoms. The first kappa shape index (κ1) is 22.9. The highest BCUT2D eigenvalue weighted by Gasteiger charge is 2.32. The molecule has 2 N–H and O–H groups in total. The van der Waals surface area contributed by atoms with Gasteiger partial charge in [0.25, 0.3) is 0 Å². The average Bonchev–Trinajstić information content (AvgIpc) is 3.43. The van der Waals surface area contributed by atoms with Crippen molar-refractivity contribution in [1.29, 1.82) is 0 Å². The molecule has 3 heterocycles. The summed E-state index contributed by atoms with van der Waals surface area (Å²) in [6.45, 7) is 3.76. The summed E-state index contributed by atoms with van der Waals surface area (Å²) in [4.78, 5) is 37.8. The van der Waals surface area contributed by atoms with Crippen LogP contribution in [0.5, 0.6) is 11.5 Å². The van der Waals surface area contributed by atoms with E-state index in [1.807, 2.05) is 16.7 Å². The molecule has 1 aliphatic carbocycles. The molecule has 0 saturated heterocycles. The van der Waals surface area contributed by atoms with Crippen LogP contribution in [0.3, 0.4) is 0 Å². The Morgan fingerprint density at radius 1 is 1.21 bits per heavy atom. The van der Waals surface area contributed by atoms with Gasteiger partial charge in [-0.15, -0.1) is 0 Å². The molecule has 0 spiro atoms. The standard InChI is InChI=1S/C22H23BrN6O4S/c1-11(30)26-15(13-3-4-13)5-6-29-21-19(20(24-9-25-21)27-12(2)31)28-22(29)34-18-8-17-16(7-14(18)23)32-10-33-17/h7-9,13,15H,3-6,10H2,1-2H3,(H,26,30)(H,24,25,27,31). The number of carbonyl (C=O) groups excluding carboxylic acids is 2. The summed E-state index contributed by atoms with van der Waals surface area (Å²) in [6.07, 6.45) is 4.40. The summed E-state index contributed by atoms with van der Waals surface area (Å²) < 4.78 is 13.9. The topological polar surface area (TPSA) is 120 Å². The van der Waals surface area contributed by atoms with Crippen molar-refractivity contribution in [2.75, 3.05) is 12.1 Å². The molecule has 2 aliphatic rings. The first-order valence-electron chi connectivity index (χ1n) is 10.9. The van der Waals surface area contributed by atoms with E-state index < -0.39 is 0 Å². The van der Waals surface area contributed by atoms with Crippen LogP contribution in [0.1, 0.15) is 33.1 Å². The van der Waals surface area contributed by atoms with Gasteiger partial charge in [0, 0.05) is 35.8 Å². The van der Waals surface area contributed by atoms with Gasteiger partial charge in [-0.05, 0) is 53.2 Å². The normalized spacial score (nSPS) is 15.4. The van der Waals surface area contributed by atoms with Crippen molar-refractivity contribution in [3.8, 4) is 11.5 Å². The number of halogens is 1. The van der Waals surface area contributed by atoms with Gasteiger partial charge in [0.15, 0.2) is 33.6 Å². The number of ether oxygens (including phenoxy) is 2. The van der Waals surface area contributed by atoms with Gasteiger partial charge in [-0.25, -0.2) is 15.0 Å². The van der Waals surface area contributed by atoms with Crippen LogP contribution in [-0.4, -0.2) is 44.2 Å². The number of aryl methyl sites for hydroxylation is 1. The van der Waals surface area contributed by atoms with E-state index in [4.69, 9.17) is 14.5 Å². The van der Waals surface area contributed by atoms with Gasteiger partial charge in [-0.1, -0.05) is 11.8 Å². The first-order valence-corrected chi connectivity index (χ1v) is 12.5. The van der Waals surface area contributed by atoms with Gasteiger partial charge in [0.05, 0.1) is 0 Å². The Balaban J connectivity index is 1.51. The van der Waals surface area contributed by atoms with E-state index in [1.165, 1.54) is 25.0 Å². The number of amides is 2. The molecule has 2 amide bonds. The monoisotopic (exact) mass is 546 g/mol. The van der Waals surface area contributed by atoms with Crippen molar-refractivity contribution in [2.45, 2.75) is 55.7 Å². The van der Waals surface area contributed by atoms with E-state index in [9.17, 15) is 9.59 Å². The molecule has 1 fully saturated rings. The predicted molar refractivity (Wildman–Crippen MR) is 129 cm³/mol. The summed E-state index contributed by atoms with van der Waals surface area (Å²) in [5.41, 5.74) is 1.13. The Morgan fingerprint density at radius 2 is 1.97 bits per heavy atom. The molecule has 2 aromatic heterocycles. The Kier molecular flexibility index (Phi) is 6.34. The zero-order valence-corrected chi connectivity index (χ0v) is 21.0. The third-order valence-electron chi connectivity index (χ3n) is 5.66. The number of hydrogen-bond donors (Lipinski definition) is 2. The molecule has 34 heavy (non-hydrogen) atoms. The molecular formula is C22H23BrN6O4S. The van der Waals surface area contributed by atoms with Crippen molar-refractivity contribution in [1.82, 2.24) is 24.8 Å². The van der Waals surface area contributed by atoms with Crippen LogP contribution in [0, 0.1) is 5.92 Å². The lowest BCUT2D eigenvalue weighted by molar-refractivity contribution is -0.120. The summed E-state index contributed by atoms with van der Waals surface area (Å²) >= 11 is 5.07. The van der Waals surface area contributed by atoms with Crippen LogP contribution in [0.4, 0.5) is 5.82 Å². The number of benzene rings is 1. The quantitative estimate of drug-likeness (QED) is 0.438. The van der Waals surface area contributed by atoms with Crippen LogP contribution in [0.25, 0.3) is 11.2 Å². The van der Waals surface area contributed by atoms with Crippen LogP contribution < -0.4 is 20.1 Å². The number of rotatable bonds is 8. The molecular weight excluding hydrogens is 524 g/mol. The predicted octanol–water partition coefficient (Wildman–Crippen LogP) is 3.73. The van der Waals surface area contributed by atoms with Gasteiger partial charge in [-0.3, -0.25) is 9.59 Å². The number of anilines is 1. The fourth-order valence-electron chi connectivity index (χ4n) is 3.98. The fourth-order valence-corrected chi connectivity index (χ4v) is 5.49. The highest BCUT2D eigenvalue weighted by molar-refractivity contribution is 9.10. The van der Waals surface area contributed by atoms with E-state index in [0.29, 0.717) is 46.1 Å². The Labute approximate surface area is 208 Å². The summed E-state index contributed by atoms with van der Waals surface area (Å²) in [5.74, 6) is 1.96. The number of carbonyl (C=O) groups is 2. The molecule has 178 valence electrons. The number of imidazole rings is 1. The smallest absolute Gasteiger partial charge is 0.231 e. The summed E-state index contributed by atoms with van der Waals surface area (Å²) in [5, 5.41) is 6.52. The molecule has 3 aromatic rings.